The summed E-state index contributed by atoms with van der Waals surface area (Å²) in [5.41, 5.74) is 2.95. The number of anilines is 2. The molecule has 126 valence electrons. The van der Waals surface area contributed by atoms with Crippen molar-refractivity contribution in [1.29, 1.82) is 5.26 Å². The molecule has 2 rings (SSSR count). The Bertz CT molecular complexity index is 841. The van der Waals surface area contributed by atoms with Crippen LogP contribution in [0.1, 0.15) is 37.4 Å². The second kappa shape index (κ2) is 7.84. The second-order valence-electron chi connectivity index (χ2n) is 5.61. The first-order valence-corrected chi connectivity index (χ1v) is 9.46. The Kier molecular flexibility index (Phi) is 5.83. The molecule has 0 fully saturated rings. The minimum Gasteiger partial charge on any atom is -0.378 e. The van der Waals surface area contributed by atoms with Crippen molar-refractivity contribution in [3.63, 3.8) is 0 Å². The summed E-state index contributed by atoms with van der Waals surface area (Å²) in [6, 6.07) is 16.7. The Morgan fingerprint density at radius 1 is 1.12 bits per heavy atom. The third-order valence-electron chi connectivity index (χ3n) is 3.51. The molecule has 0 spiro atoms. The summed E-state index contributed by atoms with van der Waals surface area (Å²) in [6.45, 7) is 3.82. The summed E-state index contributed by atoms with van der Waals surface area (Å²) in [5, 5.41) is 12.3. The molecule has 2 aromatic carbocycles. The van der Waals surface area contributed by atoms with Crippen molar-refractivity contribution in [2.45, 2.75) is 26.3 Å². The molecule has 0 saturated heterocycles. The van der Waals surface area contributed by atoms with E-state index in [-0.39, 0.29) is 11.8 Å². The Labute approximate surface area is 143 Å². The number of nitrogens with one attached hydrogen (secondary N) is 2. The van der Waals surface area contributed by atoms with E-state index >= 15 is 0 Å². The SMILES string of the molecule is CCCS(=O)(=O)Nc1cccc(N[C@H](C)c2cccc(C#N)c2)c1. The van der Waals surface area contributed by atoms with Crippen molar-refractivity contribution in [2.24, 2.45) is 0 Å². The standard InChI is InChI=1S/C18H21N3O2S/c1-3-10-24(22,23)21-18-9-5-8-17(12-18)20-14(2)16-7-4-6-15(11-16)13-19/h4-9,11-12,14,20-21H,3,10H2,1-2H3/t14-/m1/s1. The number of hydrogen-bond acceptors (Lipinski definition) is 4. The van der Waals surface area contributed by atoms with Crippen LogP contribution in [0.15, 0.2) is 48.5 Å². The van der Waals surface area contributed by atoms with Gasteiger partial charge in [-0.1, -0.05) is 25.1 Å². The Morgan fingerprint density at radius 3 is 2.54 bits per heavy atom. The molecule has 6 heteroatoms. The van der Waals surface area contributed by atoms with Gasteiger partial charge in [0.15, 0.2) is 0 Å². The average Bonchev–Trinajstić information content (AvgIpc) is 2.54. The number of benzene rings is 2. The molecule has 2 aromatic rings. The molecule has 2 N–H and O–H groups in total. The Hall–Kier alpha value is -2.52. The van der Waals surface area contributed by atoms with Crippen LogP contribution in [0.25, 0.3) is 0 Å². The fourth-order valence-corrected chi connectivity index (χ4v) is 3.51. The highest BCUT2D eigenvalue weighted by atomic mass is 32.2. The molecule has 24 heavy (non-hydrogen) atoms. The van der Waals surface area contributed by atoms with Crippen LogP contribution in [0, 0.1) is 11.3 Å². The maximum absolute atomic E-state index is 11.9. The summed E-state index contributed by atoms with van der Waals surface area (Å²) in [4.78, 5) is 0. The molecule has 0 amide bonds. The zero-order valence-corrected chi connectivity index (χ0v) is 14.6. The summed E-state index contributed by atoms with van der Waals surface area (Å²) in [7, 11) is -3.30. The van der Waals surface area contributed by atoms with Crippen LogP contribution in [0.4, 0.5) is 11.4 Å². The largest absolute Gasteiger partial charge is 0.378 e. The lowest BCUT2D eigenvalue weighted by Gasteiger charge is -2.17. The number of nitrogens with zero attached hydrogens (tertiary/aromatic N) is 1. The first-order valence-electron chi connectivity index (χ1n) is 7.80. The van der Waals surface area contributed by atoms with E-state index in [9.17, 15) is 8.42 Å². The molecule has 0 aliphatic rings. The van der Waals surface area contributed by atoms with Gasteiger partial charge < -0.3 is 5.32 Å². The van der Waals surface area contributed by atoms with Gasteiger partial charge >= 0.3 is 0 Å². The summed E-state index contributed by atoms with van der Waals surface area (Å²) >= 11 is 0. The van der Waals surface area contributed by atoms with E-state index in [0.717, 1.165) is 11.3 Å². The summed E-state index contributed by atoms with van der Waals surface area (Å²) in [5.74, 6) is 0.0992. The molecule has 0 aromatic heterocycles. The topological polar surface area (TPSA) is 82.0 Å². The number of rotatable bonds is 7. The van der Waals surface area contributed by atoms with Gasteiger partial charge in [-0.05, 0) is 49.2 Å². The van der Waals surface area contributed by atoms with Crippen LogP contribution in [-0.2, 0) is 10.0 Å². The van der Waals surface area contributed by atoms with Gasteiger partial charge in [-0.25, -0.2) is 8.42 Å². The third-order valence-corrected chi connectivity index (χ3v) is 5.00. The van der Waals surface area contributed by atoms with Crippen LogP contribution in [0.5, 0.6) is 0 Å². The molecular weight excluding hydrogens is 322 g/mol. The van der Waals surface area contributed by atoms with Gasteiger partial charge in [-0.2, -0.15) is 5.26 Å². The minimum atomic E-state index is -3.30. The van der Waals surface area contributed by atoms with Crippen molar-refractivity contribution < 1.29 is 8.42 Å². The number of sulfonamides is 1. The zero-order valence-electron chi connectivity index (χ0n) is 13.8. The predicted octanol–water partition coefficient (Wildman–Crippen LogP) is 3.88. The fourth-order valence-electron chi connectivity index (χ4n) is 2.38. The van der Waals surface area contributed by atoms with E-state index in [0.29, 0.717) is 17.7 Å². The molecule has 0 unspecified atom stereocenters. The number of nitriles is 1. The molecule has 0 aliphatic heterocycles. The van der Waals surface area contributed by atoms with Gasteiger partial charge in [0, 0.05) is 11.7 Å². The van der Waals surface area contributed by atoms with Crippen molar-refractivity contribution in [2.75, 3.05) is 15.8 Å². The van der Waals surface area contributed by atoms with Crippen LogP contribution < -0.4 is 10.0 Å². The lowest BCUT2D eigenvalue weighted by atomic mass is 10.1. The molecule has 0 bridgehead atoms. The molecule has 0 saturated carbocycles. The highest BCUT2D eigenvalue weighted by molar-refractivity contribution is 7.92. The van der Waals surface area contributed by atoms with E-state index in [2.05, 4.69) is 16.1 Å². The van der Waals surface area contributed by atoms with E-state index in [1.54, 1.807) is 24.3 Å². The van der Waals surface area contributed by atoms with Gasteiger partial charge in [-0.15, -0.1) is 0 Å². The van der Waals surface area contributed by atoms with Crippen molar-refractivity contribution in [3.05, 3.63) is 59.7 Å². The first-order chi connectivity index (χ1) is 11.4. The normalized spacial score (nSPS) is 12.2. The van der Waals surface area contributed by atoms with Crippen molar-refractivity contribution >= 4 is 21.4 Å². The van der Waals surface area contributed by atoms with Crippen LogP contribution in [0.2, 0.25) is 0 Å². The average molecular weight is 343 g/mol. The van der Waals surface area contributed by atoms with E-state index in [1.807, 2.05) is 38.1 Å². The number of hydrogen-bond donors (Lipinski definition) is 2. The van der Waals surface area contributed by atoms with E-state index in [1.165, 1.54) is 0 Å². The van der Waals surface area contributed by atoms with Gasteiger partial charge in [0.25, 0.3) is 0 Å². The Balaban J connectivity index is 2.13. The second-order valence-corrected chi connectivity index (χ2v) is 7.45. The quantitative estimate of drug-likeness (QED) is 0.799. The van der Waals surface area contributed by atoms with Gasteiger partial charge in [0.2, 0.25) is 10.0 Å². The molecule has 1 atom stereocenters. The molecule has 0 radical (unpaired) electrons. The smallest absolute Gasteiger partial charge is 0.232 e. The lowest BCUT2D eigenvalue weighted by Crippen LogP contribution is -2.16. The zero-order chi connectivity index (χ0) is 17.6. The van der Waals surface area contributed by atoms with E-state index < -0.39 is 10.0 Å². The predicted molar refractivity (Wildman–Crippen MR) is 97.3 cm³/mol. The molecule has 0 aliphatic carbocycles. The minimum absolute atomic E-state index is 0.0131. The van der Waals surface area contributed by atoms with E-state index in [4.69, 9.17) is 5.26 Å². The highest BCUT2D eigenvalue weighted by Gasteiger charge is 2.10. The van der Waals surface area contributed by atoms with Gasteiger partial charge in [-0.3, -0.25) is 4.72 Å². The van der Waals surface area contributed by atoms with Gasteiger partial charge in [0.05, 0.1) is 23.1 Å². The van der Waals surface area contributed by atoms with Crippen LogP contribution in [-0.4, -0.2) is 14.2 Å². The summed E-state index contributed by atoms with van der Waals surface area (Å²) in [6.07, 6.45) is 0.569. The molecule has 5 nitrogen and oxygen atoms in total. The fraction of sp³-hybridized carbons (Fsp3) is 0.278. The van der Waals surface area contributed by atoms with Crippen molar-refractivity contribution in [1.82, 2.24) is 0 Å². The van der Waals surface area contributed by atoms with Crippen LogP contribution in [0.3, 0.4) is 0 Å². The first kappa shape index (κ1) is 17.8. The lowest BCUT2D eigenvalue weighted by molar-refractivity contribution is 0.600. The highest BCUT2D eigenvalue weighted by Crippen LogP contribution is 2.23. The summed E-state index contributed by atoms with van der Waals surface area (Å²) < 4.78 is 26.3. The van der Waals surface area contributed by atoms with Crippen LogP contribution >= 0.6 is 0 Å². The molecular formula is C18H21N3O2S. The monoisotopic (exact) mass is 343 g/mol. The maximum Gasteiger partial charge on any atom is 0.232 e. The Morgan fingerprint density at radius 2 is 1.83 bits per heavy atom. The van der Waals surface area contributed by atoms with Gasteiger partial charge in [0.1, 0.15) is 0 Å². The molecule has 0 heterocycles. The van der Waals surface area contributed by atoms with Crippen molar-refractivity contribution in [3.8, 4) is 6.07 Å². The third kappa shape index (κ3) is 5.00. The maximum atomic E-state index is 11.9.